The molecular formula is C18H17N5O2S. The summed E-state index contributed by atoms with van der Waals surface area (Å²) in [5.41, 5.74) is 12.4. The average Bonchev–Trinajstić information content (AvgIpc) is 2.93. The molecule has 0 aliphatic rings. The first kappa shape index (κ1) is 17.7. The first-order valence-corrected chi connectivity index (χ1v) is 9.71. The number of rotatable bonds is 4. The van der Waals surface area contributed by atoms with E-state index < -0.39 is 9.84 Å². The summed E-state index contributed by atoms with van der Waals surface area (Å²) in [6.07, 6.45) is 3.04. The molecule has 0 fully saturated rings. The average molecular weight is 367 g/mol. The molecule has 1 aromatic heterocycles. The van der Waals surface area contributed by atoms with E-state index >= 15 is 0 Å². The van der Waals surface area contributed by atoms with Crippen molar-refractivity contribution in [2.45, 2.75) is 18.7 Å². The summed E-state index contributed by atoms with van der Waals surface area (Å²) in [5.74, 6) is 0.781. The molecule has 3 aromatic rings. The van der Waals surface area contributed by atoms with Crippen LogP contribution in [-0.2, 0) is 9.84 Å². The zero-order valence-corrected chi connectivity index (χ0v) is 15.4. The minimum Gasteiger partial charge on any atom is -0.303 e. The Hall–Kier alpha value is -3.09. The van der Waals surface area contributed by atoms with Gasteiger partial charge in [0.2, 0.25) is 0 Å². The van der Waals surface area contributed by atoms with Crippen LogP contribution in [0.25, 0.3) is 27.3 Å². The lowest BCUT2D eigenvalue weighted by molar-refractivity contribution is 0.602. The molecule has 132 valence electrons. The predicted octanol–water partition coefficient (Wildman–Crippen LogP) is 4.50. The third kappa shape index (κ3) is 3.46. The number of imidazole rings is 1. The lowest BCUT2D eigenvalue weighted by Crippen LogP contribution is -1.97. The Morgan fingerprint density at radius 2 is 1.85 bits per heavy atom. The Morgan fingerprint density at radius 3 is 2.46 bits per heavy atom. The maximum atomic E-state index is 11.8. The SMILES string of the molecule is Cc1cn(-c2ccc(-c3cccc(S(C)(=O)=O)c3)cc2N=[N+]=[N-])c(C)n1. The first-order chi connectivity index (χ1) is 12.3. The summed E-state index contributed by atoms with van der Waals surface area (Å²) in [6.45, 7) is 3.76. The van der Waals surface area contributed by atoms with Gasteiger partial charge in [0.15, 0.2) is 9.84 Å². The number of sulfone groups is 1. The van der Waals surface area contributed by atoms with Crippen molar-refractivity contribution >= 4 is 15.5 Å². The van der Waals surface area contributed by atoms with E-state index in [0.29, 0.717) is 11.4 Å². The van der Waals surface area contributed by atoms with E-state index in [1.165, 1.54) is 6.26 Å². The second-order valence-corrected chi connectivity index (χ2v) is 8.01. The molecule has 3 rings (SSSR count). The first-order valence-electron chi connectivity index (χ1n) is 7.82. The number of benzene rings is 2. The number of hydrogen-bond donors (Lipinski definition) is 0. The second-order valence-electron chi connectivity index (χ2n) is 5.99. The molecular weight excluding hydrogens is 350 g/mol. The van der Waals surface area contributed by atoms with Crippen LogP contribution in [0.4, 0.5) is 5.69 Å². The Balaban J connectivity index is 2.16. The van der Waals surface area contributed by atoms with Crippen LogP contribution in [0.15, 0.2) is 58.7 Å². The summed E-state index contributed by atoms with van der Waals surface area (Å²) in [4.78, 5) is 7.53. The smallest absolute Gasteiger partial charge is 0.175 e. The fourth-order valence-electron chi connectivity index (χ4n) is 2.80. The van der Waals surface area contributed by atoms with E-state index in [9.17, 15) is 8.42 Å². The van der Waals surface area contributed by atoms with E-state index in [4.69, 9.17) is 5.53 Å². The maximum absolute atomic E-state index is 11.8. The highest BCUT2D eigenvalue weighted by Crippen LogP contribution is 2.32. The van der Waals surface area contributed by atoms with Crippen LogP contribution in [0.3, 0.4) is 0 Å². The second kappa shape index (κ2) is 6.67. The molecule has 0 atom stereocenters. The molecule has 0 radical (unpaired) electrons. The molecule has 0 bridgehead atoms. The number of aryl methyl sites for hydroxylation is 2. The third-order valence-corrected chi connectivity index (χ3v) is 5.10. The highest BCUT2D eigenvalue weighted by Gasteiger charge is 2.12. The number of hydrogen-bond acceptors (Lipinski definition) is 4. The van der Waals surface area contributed by atoms with Crippen molar-refractivity contribution < 1.29 is 8.42 Å². The monoisotopic (exact) mass is 367 g/mol. The molecule has 0 amide bonds. The number of azide groups is 1. The van der Waals surface area contributed by atoms with Crippen LogP contribution in [0.2, 0.25) is 0 Å². The van der Waals surface area contributed by atoms with Gasteiger partial charge in [-0.05, 0) is 54.8 Å². The van der Waals surface area contributed by atoms with Gasteiger partial charge in [-0.15, -0.1) is 0 Å². The van der Waals surface area contributed by atoms with Crippen LogP contribution >= 0.6 is 0 Å². The minimum atomic E-state index is -3.30. The summed E-state index contributed by atoms with van der Waals surface area (Å²) >= 11 is 0. The van der Waals surface area contributed by atoms with Gasteiger partial charge in [0.25, 0.3) is 0 Å². The summed E-state index contributed by atoms with van der Waals surface area (Å²) in [6, 6.07) is 12.1. The van der Waals surface area contributed by atoms with Crippen molar-refractivity contribution in [1.29, 1.82) is 0 Å². The molecule has 0 N–H and O–H groups in total. The fourth-order valence-corrected chi connectivity index (χ4v) is 3.47. The van der Waals surface area contributed by atoms with Gasteiger partial charge in [0, 0.05) is 17.4 Å². The highest BCUT2D eigenvalue weighted by molar-refractivity contribution is 7.90. The minimum absolute atomic E-state index is 0.241. The molecule has 0 saturated heterocycles. The lowest BCUT2D eigenvalue weighted by Gasteiger charge is -2.11. The van der Waals surface area contributed by atoms with Gasteiger partial charge in [-0.1, -0.05) is 23.3 Å². The van der Waals surface area contributed by atoms with Crippen molar-refractivity contribution in [3.63, 3.8) is 0 Å². The van der Waals surface area contributed by atoms with Crippen LogP contribution in [-0.4, -0.2) is 24.2 Å². The number of aromatic nitrogens is 2. The van der Waals surface area contributed by atoms with Gasteiger partial charge in [-0.3, -0.25) is 0 Å². The molecule has 0 aliphatic heterocycles. The molecule has 8 heteroatoms. The van der Waals surface area contributed by atoms with Gasteiger partial charge in [-0.2, -0.15) is 0 Å². The third-order valence-electron chi connectivity index (χ3n) is 3.99. The Kier molecular flexibility index (Phi) is 4.54. The van der Waals surface area contributed by atoms with Crippen LogP contribution < -0.4 is 0 Å². The summed E-state index contributed by atoms with van der Waals surface area (Å²) in [7, 11) is -3.30. The van der Waals surface area contributed by atoms with Crippen LogP contribution in [0.5, 0.6) is 0 Å². The van der Waals surface area contributed by atoms with E-state index in [-0.39, 0.29) is 4.90 Å². The zero-order chi connectivity index (χ0) is 18.9. The van der Waals surface area contributed by atoms with E-state index in [2.05, 4.69) is 15.0 Å². The normalized spacial score (nSPS) is 11.2. The van der Waals surface area contributed by atoms with Crippen molar-refractivity contribution in [3.05, 3.63) is 70.6 Å². The quantitative estimate of drug-likeness (QED) is 0.385. The van der Waals surface area contributed by atoms with Gasteiger partial charge < -0.3 is 4.57 Å². The van der Waals surface area contributed by atoms with E-state index in [1.54, 1.807) is 24.3 Å². The molecule has 0 saturated carbocycles. The van der Waals surface area contributed by atoms with Crippen LogP contribution in [0, 0.1) is 13.8 Å². The summed E-state index contributed by atoms with van der Waals surface area (Å²) < 4.78 is 25.4. The fraction of sp³-hybridized carbons (Fsp3) is 0.167. The van der Waals surface area contributed by atoms with Gasteiger partial charge in [0.05, 0.1) is 22.0 Å². The van der Waals surface area contributed by atoms with Gasteiger partial charge in [-0.25, -0.2) is 13.4 Å². The van der Waals surface area contributed by atoms with Crippen molar-refractivity contribution in [2.24, 2.45) is 5.11 Å². The number of nitrogens with zero attached hydrogens (tertiary/aromatic N) is 5. The Bertz CT molecular complexity index is 1140. The molecule has 0 aliphatic carbocycles. The molecule has 0 spiro atoms. The van der Waals surface area contributed by atoms with Crippen molar-refractivity contribution in [3.8, 4) is 16.8 Å². The topological polar surface area (TPSA) is 101 Å². The predicted molar refractivity (Wildman–Crippen MR) is 100 cm³/mol. The maximum Gasteiger partial charge on any atom is 0.175 e. The summed E-state index contributed by atoms with van der Waals surface area (Å²) in [5, 5.41) is 3.80. The molecule has 26 heavy (non-hydrogen) atoms. The molecule has 2 aromatic carbocycles. The van der Waals surface area contributed by atoms with E-state index in [0.717, 1.165) is 22.6 Å². The largest absolute Gasteiger partial charge is 0.303 e. The molecule has 1 heterocycles. The van der Waals surface area contributed by atoms with Crippen molar-refractivity contribution in [1.82, 2.24) is 9.55 Å². The van der Waals surface area contributed by atoms with E-state index in [1.807, 2.05) is 42.8 Å². The highest BCUT2D eigenvalue weighted by atomic mass is 32.2. The Morgan fingerprint density at radius 1 is 1.12 bits per heavy atom. The Labute approximate surface area is 151 Å². The van der Waals surface area contributed by atoms with Crippen molar-refractivity contribution in [2.75, 3.05) is 6.26 Å². The standard InChI is InChI=1S/C18H17N5O2S/c1-12-11-23(13(2)20-12)18-8-7-15(10-17(18)21-22-19)14-5-4-6-16(9-14)26(3,24)25/h4-11H,1-3H3. The molecule has 7 nitrogen and oxygen atoms in total. The van der Waals surface area contributed by atoms with Gasteiger partial charge in [0.1, 0.15) is 5.82 Å². The molecule has 0 unspecified atom stereocenters. The lowest BCUT2D eigenvalue weighted by atomic mass is 10.0. The van der Waals surface area contributed by atoms with Crippen LogP contribution in [0.1, 0.15) is 11.5 Å². The zero-order valence-electron chi connectivity index (χ0n) is 14.6. The van der Waals surface area contributed by atoms with Gasteiger partial charge >= 0.3 is 0 Å².